The number of rotatable bonds is 7. The van der Waals surface area contributed by atoms with Crippen molar-refractivity contribution in [3.05, 3.63) is 23.9 Å². The number of nitrogens with one attached hydrogen (secondary N) is 2. The van der Waals surface area contributed by atoms with Gasteiger partial charge in [-0.2, -0.15) is 0 Å². The van der Waals surface area contributed by atoms with E-state index in [4.69, 9.17) is 18.0 Å². The zero-order valence-corrected chi connectivity index (χ0v) is 11.6. The normalized spacial score (nSPS) is 11.2. The van der Waals surface area contributed by atoms with Gasteiger partial charge >= 0.3 is 0 Å². The van der Waals surface area contributed by atoms with Crippen LogP contribution in [0.15, 0.2) is 18.3 Å². The van der Waals surface area contributed by atoms with Crippen molar-refractivity contribution < 1.29 is 8.42 Å². The lowest BCUT2D eigenvalue weighted by molar-refractivity contribution is 0.586. The van der Waals surface area contributed by atoms with Gasteiger partial charge in [-0.15, -0.1) is 0 Å². The number of hydrogen-bond donors (Lipinski definition) is 3. The van der Waals surface area contributed by atoms with Gasteiger partial charge in [0.1, 0.15) is 10.8 Å². The van der Waals surface area contributed by atoms with Crippen molar-refractivity contribution in [2.45, 2.75) is 6.42 Å². The van der Waals surface area contributed by atoms with E-state index in [1.807, 2.05) is 0 Å². The van der Waals surface area contributed by atoms with Crippen molar-refractivity contribution in [2.24, 2.45) is 5.73 Å². The maximum absolute atomic E-state index is 10.8. The highest BCUT2D eigenvalue weighted by molar-refractivity contribution is 7.88. The van der Waals surface area contributed by atoms with Crippen molar-refractivity contribution in [3.63, 3.8) is 0 Å². The van der Waals surface area contributed by atoms with Crippen molar-refractivity contribution in [2.75, 3.05) is 24.7 Å². The van der Waals surface area contributed by atoms with Crippen LogP contribution < -0.4 is 15.8 Å². The SMILES string of the molecule is CS(=O)(=O)NCCCNc1ncccc1C(N)=S. The molecule has 4 N–H and O–H groups in total. The Balaban J connectivity index is 2.42. The van der Waals surface area contributed by atoms with Crippen molar-refractivity contribution in [1.29, 1.82) is 0 Å². The molecule has 6 nitrogen and oxygen atoms in total. The zero-order valence-electron chi connectivity index (χ0n) is 10.0. The quantitative estimate of drug-likeness (QED) is 0.485. The summed E-state index contributed by atoms with van der Waals surface area (Å²) in [6, 6.07) is 3.54. The van der Waals surface area contributed by atoms with Gasteiger partial charge in [0, 0.05) is 19.3 Å². The summed E-state index contributed by atoms with van der Waals surface area (Å²) in [5, 5.41) is 3.07. The minimum atomic E-state index is -3.13. The highest BCUT2D eigenvalue weighted by Gasteiger charge is 2.05. The second kappa shape index (κ2) is 6.62. The number of nitrogens with zero attached hydrogens (tertiary/aromatic N) is 1. The van der Waals surface area contributed by atoms with Crippen LogP contribution in [0, 0.1) is 0 Å². The summed E-state index contributed by atoms with van der Waals surface area (Å²) in [6.45, 7) is 0.955. The van der Waals surface area contributed by atoms with Gasteiger partial charge in [0.2, 0.25) is 10.0 Å². The van der Waals surface area contributed by atoms with Crippen molar-refractivity contribution in [3.8, 4) is 0 Å². The van der Waals surface area contributed by atoms with Crippen LogP contribution in [0.4, 0.5) is 5.82 Å². The molecule has 8 heteroatoms. The Bertz CT molecular complexity index is 516. The molecular weight excluding hydrogens is 272 g/mol. The Kier molecular flexibility index (Phi) is 5.45. The molecule has 100 valence electrons. The Morgan fingerprint density at radius 1 is 1.50 bits per heavy atom. The number of nitrogens with two attached hydrogens (primary N) is 1. The molecule has 0 unspecified atom stereocenters. The van der Waals surface area contributed by atoms with E-state index < -0.39 is 10.0 Å². The van der Waals surface area contributed by atoms with Crippen molar-refractivity contribution in [1.82, 2.24) is 9.71 Å². The maximum Gasteiger partial charge on any atom is 0.208 e. The number of anilines is 1. The third-order valence-electron chi connectivity index (χ3n) is 2.08. The van der Waals surface area contributed by atoms with E-state index in [0.717, 1.165) is 6.26 Å². The van der Waals surface area contributed by atoms with E-state index in [-0.39, 0.29) is 4.99 Å². The molecule has 0 atom stereocenters. The lowest BCUT2D eigenvalue weighted by atomic mass is 10.2. The second-order valence-corrected chi connectivity index (χ2v) is 5.98. The Hall–Kier alpha value is -1.25. The highest BCUT2D eigenvalue weighted by atomic mass is 32.2. The first-order chi connectivity index (χ1) is 8.40. The monoisotopic (exact) mass is 288 g/mol. The highest BCUT2D eigenvalue weighted by Crippen LogP contribution is 2.10. The molecule has 0 fully saturated rings. The Morgan fingerprint density at radius 2 is 2.22 bits per heavy atom. The van der Waals surface area contributed by atoms with Gasteiger partial charge in [-0.25, -0.2) is 18.1 Å². The average molecular weight is 288 g/mol. The molecule has 0 saturated heterocycles. The summed E-state index contributed by atoms with van der Waals surface area (Å²) in [7, 11) is -3.13. The molecule has 0 radical (unpaired) electrons. The molecule has 0 amide bonds. The smallest absolute Gasteiger partial charge is 0.208 e. The van der Waals surface area contributed by atoms with Crippen LogP contribution in [-0.4, -0.2) is 37.7 Å². The van der Waals surface area contributed by atoms with Crippen LogP contribution in [0.25, 0.3) is 0 Å². The maximum atomic E-state index is 10.8. The number of aromatic nitrogens is 1. The standard InChI is InChI=1S/C10H16N4O2S2/c1-18(15,16)14-7-3-6-13-10-8(9(11)17)4-2-5-12-10/h2,4-5,14H,3,6-7H2,1H3,(H2,11,17)(H,12,13). The van der Waals surface area contributed by atoms with E-state index >= 15 is 0 Å². The van der Waals surface area contributed by atoms with Gasteiger partial charge < -0.3 is 11.1 Å². The Labute approximate surface area is 112 Å². The van der Waals surface area contributed by atoms with Gasteiger partial charge in [0.15, 0.2) is 0 Å². The minimum Gasteiger partial charge on any atom is -0.389 e. The van der Waals surface area contributed by atoms with Gasteiger partial charge in [-0.3, -0.25) is 0 Å². The molecule has 0 aliphatic rings. The first kappa shape index (κ1) is 14.8. The summed E-state index contributed by atoms with van der Waals surface area (Å²) in [4.78, 5) is 4.41. The van der Waals surface area contributed by atoms with Gasteiger partial charge in [-0.1, -0.05) is 12.2 Å². The number of hydrogen-bond acceptors (Lipinski definition) is 5. The number of sulfonamides is 1. The van der Waals surface area contributed by atoms with Crippen LogP contribution in [0.2, 0.25) is 0 Å². The summed E-state index contributed by atoms with van der Waals surface area (Å²) >= 11 is 4.91. The summed E-state index contributed by atoms with van der Waals surface area (Å²) in [5.74, 6) is 0.615. The topological polar surface area (TPSA) is 97.1 Å². The molecule has 18 heavy (non-hydrogen) atoms. The van der Waals surface area contributed by atoms with E-state index in [2.05, 4.69) is 15.0 Å². The lowest BCUT2D eigenvalue weighted by Crippen LogP contribution is -2.24. The second-order valence-electron chi connectivity index (χ2n) is 3.71. The van der Waals surface area contributed by atoms with E-state index in [0.29, 0.717) is 30.9 Å². The van der Waals surface area contributed by atoms with Crippen LogP contribution in [0.3, 0.4) is 0 Å². The fourth-order valence-electron chi connectivity index (χ4n) is 1.30. The molecule has 0 aliphatic carbocycles. The summed E-state index contributed by atoms with van der Waals surface area (Å²) < 4.78 is 24.1. The molecule has 1 rings (SSSR count). The molecule has 0 aromatic carbocycles. The molecule has 1 heterocycles. The Morgan fingerprint density at radius 3 is 2.83 bits per heavy atom. The third kappa shape index (κ3) is 5.39. The fourth-order valence-corrected chi connectivity index (χ4v) is 1.98. The predicted octanol–water partition coefficient (Wildman–Crippen LogP) is 0.0670. The molecule has 0 spiro atoms. The molecule has 1 aromatic heterocycles. The number of thiocarbonyl (C=S) groups is 1. The van der Waals surface area contributed by atoms with E-state index in [1.54, 1.807) is 18.3 Å². The molecule has 0 aliphatic heterocycles. The van der Waals surface area contributed by atoms with Crippen LogP contribution >= 0.6 is 12.2 Å². The van der Waals surface area contributed by atoms with E-state index in [1.165, 1.54) is 0 Å². The zero-order chi connectivity index (χ0) is 13.6. The largest absolute Gasteiger partial charge is 0.389 e. The van der Waals surface area contributed by atoms with Crippen LogP contribution in [0.1, 0.15) is 12.0 Å². The number of pyridine rings is 1. The van der Waals surface area contributed by atoms with Crippen LogP contribution in [0.5, 0.6) is 0 Å². The van der Waals surface area contributed by atoms with Gasteiger partial charge in [-0.05, 0) is 18.6 Å². The molecule has 0 bridgehead atoms. The van der Waals surface area contributed by atoms with Crippen LogP contribution in [-0.2, 0) is 10.0 Å². The minimum absolute atomic E-state index is 0.278. The predicted molar refractivity (Wildman–Crippen MR) is 76.1 cm³/mol. The van der Waals surface area contributed by atoms with Crippen molar-refractivity contribution >= 4 is 33.0 Å². The summed E-state index contributed by atoms with van der Waals surface area (Å²) in [6.07, 6.45) is 3.41. The molecule has 0 saturated carbocycles. The third-order valence-corrected chi connectivity index (χ3v) is 3.03. The average Bonchev–Trinajstić information content (AvgIpc) is 2.27. The fraction of sp³-hybridized carbons (Fsp3) is 0.400. The lowest BCUT2D eigenvalue weighted by Gasteiger charge is -2.09. The first-order valence-corrected chi connectivity index (χ1v) is 7.63. The molecular formula is C10H16N4O2S2. The van der Waals surface area contributed by atoms with Gasteiger partial charge in [0.05, 0.1) is 11.8 Å². The summed E-state index contributed by atoms with van der Waals surface area (Å²) in [5.41, 5.74) is 6.25. The van der Waals surface area contributed by atoms with E-state index in [9.17, 15) is 8.42 Å². The van der Waals surface area contributed by atoms with Gasteiger partial charge in [0.25, 0.3) is 0 Å². The molecule has 1 aromatic rings. The first-order valence-electron chi connectivity index (χ1n) is 5.33.